The van der Waals surface area contributed by atoms with Gasteiger partial charge in [0, 0.05) is 32.6 Å². The van der Waals surface area contributed by atoms with Crippen molar-refractivity contribution in [2.75, 3.05) is 64.5 Å². The van der Waals surface area contributed by atoms with E-state index < -0.39 is 98.6 Å². The number of ether oxygens (including phenoxy) is 1. The van der Waals surface area contributed by atoms with E-state index in [-0.39, 0.29) is 67.2 Å². The van der Waals surface area contributed by atoms with Gasteiger partial charge in [0.2, 0.25) is 5.91 Å². The number of methoxy groups -OCH3 is 1. The van der Waals surface area contributed by atoms with E-state index in [9.17, 15) is 70.6 Å². The summed E-state index contributed by atoms with van der Waals surface area (Å²) in [5.41, 5.74) is 26.4. The molecule has 0 aliphatic carbocycles. The number of nitrogens with zero attached hydrogens (tertiary/aromatic N) is 5. The molecule has 408 valence electrons. The van der Waals surface area contributed by atoms with Crippen LogP contribution in [-0.4, -0.2) is 214 Å². The molecule has 0 saturated heterocycles. The summed E-state index contributed by atoms with van der Waals surface area (Å²) < 4.78 is 5.08. The molecule has 0 radical (unpaired) electrons. The average Bonchev–Trinajstić information content (AvgIpc) is 3.39. The van der Waals surface area contributed by atoms with Crippen LogP contribution in [0.3, 0.4) is 0 Å². The van der Waals surface area contributed by atoms with Gasteiger partial charge >= 0.3 is 5.97 Å². The fraction of sp³-hybridized carbons (Fsp3) is 0.574. The normalized spacial score (nSPS) is 16.1. The molecule has 10 atom stereocenters. The number of benzene rings is 2. The second kappa shape index (κ2) is 31.5. The highest BCUT2D eigenvalue weighted by molar-refractivity contribution is 6.31. The summed E-state index contributed by atoms with van der Waals surface area (Å²) in [6, 6.07) is 14.6. The number of aryl methyl sites for hydroxylation is 2. The highest BCUT2D eigenvalue weighted by atomic mass is 35.5. The minimum Gasteiger partial charge on any atom is -0.467 e. The summed E-state index contributed by atoms with van der Waals surface area (Å²) in [5.74, 6) is -2.30. The van der Waals surface area contributed by atoms with Crippen LogP contribution in [0.2, 0.25) is 5.15 Å². The Kier molecular flexibility index (Phi) is 26.8. The number of halogens is 1. The summed E-state index contributed by atoms with van der Waals surface area (Å²) in [5, 5.41) is 115. The number of aliphatic hydroxyl groups excluding tert-OH is 11. The average molecular weight is 1050 g/mol. The Bertz CT molecular complexity index is 2180. The highest BCUT2D eigenvalue weighted by Crippen LogP contribution is 2.23. The van der Waals surface area contributed by atoms with Crippen molar-refractivity contribution >= 4 is 47.0 Å². The molecule has 2 amide bonds. The Morgan fingerprint density at radius 1 is 0.712 bits per heavy atom. The Balaban J connectivity index is 1.68. The standard InChI is InChI=1S/C47H73ClN10O15/c1-73-46(72)30(8-2-4-19-49)58(22-6-21-57(23-31(61)36(65)37(66)32(62)24-59)45(71)40(69)39(68)38(67)33(63)25-60)34(64)18-13-27-11-16-29(17-12-27)28-14-9-26(10-15-28)7-3-5-20-53-47(52)56-44(70)35-42(50)55-43(51)41(48)54-35/h9-12,14-17,30-33,36-40,45,59-63,65-69,71H,2-8,13,18-25,49H2,1H3,(H4,50,51,55)(H3,52,53,56,70)/t30-,31+,32-,33-,36-,37-,38-,39-,40-,45-/m1/s1. The number of amides is 2. The number of carbonyl (C=O) groups is 3. The molecule has 1 aromatic heterocycles. The molecular formula is C47H73ClN10O15. The van der Waals surface area contributed by atoms with Gasteiger partial charge in [-0.3, -0.25) is 24.8 Å². The lowest BCUT2D eigenvalue weighted by Crippen LogP contribution is -2.58. The molecule has 25 nitrogen and oxygen atoms in total. The molecule has 0 saturated carbocycles. The maximum absolute atomic E-state index is 14.1. The molecule has 0 spiro atoms. The maximum atomic E-state index is 14.1. The van der Waals surface area contributed by atoms with Crippen molar-refractivity contribution < 1.29 is 75.3 Å². The van der Waals surface area contributed by atoms with Gasteiger partial charge in [-0.1, -0.05) is 60.1 Å². The first-order chi connectivity index (χ1) is 34.7. The van der Waals surface area contributed by atoms with E-state index in [1.54, 1.807) is 0 Å². The van der Waals surface area contributed by atoms with Crippen molar-refractivity contribution in [2.24, 2.45) is 16.5 Å². The number of esters is 1. The van der Waals surface area contributed by atoms with Crippen molar-refractivity contribution in [3.63, 3.8) is 0 Å². The topological polar surface area (TPSA) is 444 Å². The third-order valence-electron chi connectivity index (χ3n) is 12.0. The predicted molar refractivity (Wildman–Crippen MR) is 268 cm³/mol. The molecular weight excluding hydrogens is 980 g/mol. The van der Waals surface area contributed by atoms with Crippen LogP contribution in [0, 0.1) is 0 Å². The van der Waals surface area contributed by atoms with Gasteiger partial charge in [0.05, 0.1) is 26.4 Å². The lowest BCUT2D eigenvalue weighted by atomic mass is 9.99. The SMILES string of the molecule is COC(=O)[C@@H](CCCCN)N(CCCN(C[C@H](O)[C@@H](O)[C@H](O)[C@H](O)CO)[C@H](O)[C@H](O)[C@H](O)[C@H](O)[C@H](O)CO)C(=O)CCc1ccc(-c2ccc(CCCCN=C(N)NC(=O)c3nc(Cl)c(N)nc3N)cc2)cc1. The summed E-state index contributed by atoms with van der Waals surface area (Å²) >= 11 is 5.84. The number of nitrogens with one attached hydrogen (secondary N) is 1. The lowest BCUT2D eigenvalue weighted by molar-refractivity contribution is -0.180. The molecule has 0 aliphatic rings. The summed E-state index contributed by atoms with van der Waals surface area (Å²) in [6.07, 6.45) is -15.2. The number of hydrogen-bond acceptors (Lipinski definition) is 22. The highest BCUT2D eigenvalue weighted by Gasteiger charge is 2.39. The number of rotatable bonds is 32. The molecule has 20 N–H and O–H groups in total. The second-order valence-electron chi connectivity index (χ2n) is 17.4. The zero-order valence-electron chi connectivity index (χ0n) is 40.7. The van der Waals surface area contributed by atoms with Gasteiger partial charge in [0.15, 0.2) is 28.4 Å². The smallest absolute Gasteiger partial charge is 0.328 e. The number of nitrogen functional groups attached to an aromatic ring is 2. The quantitative estimate of drug-likeness (QED) is 0.00942. The predicted octanol–water partition coefficient (Wildman–Crippen LogP) is -3.66. The summed E-state index contributed by atoms with van der Waals surface area (Å²) in [7, 11) is 1.18. The molecule has 0 bridgehead atoms. The van der Waals surface area contributed by atoms with Crippen LogP contribution in [-0.2, 0) is 27.2 Å². The lowest BCUT2D eigenvalue weighted by Gasteiger charge is -2.38. The van der Waals surface area contributed by atoms with Gasteiger partial charge in [-0.15, -0.1) is 0 Å². The van der Waals surface area contributed by atoms with Gasteiger partial charge in [-0.05, 0) is 80.2 Å². The third kappa shape index (κ3) is 19.2. The zero-order valence-corrected chi connectivity index (χ0v) is 41.4. The second-order valence-corrected chi connectivity index (χ2v) is 17.8. The van der Waals surface area contributed by atoms with Gasteiger partial charge in [0.25, 0.3) is 5.91 Å². The van der Waals surface area contributed by atoms with E-state index in [4.69, 9.17) is 39.3 Å². The molecule has 0 fully saturated rings. The minimum absolute atomic E-state index is 0.0491. The van der Waals surface area contributed by atoms with Crippen molar-refractivity contribution in [2.45, 2.75) is 119 Å². The first kappa shape index (κ1) is 62.1. The van der Waals surface area contributed by atoms with Crippen LogP contribution in [0.4, 0.5) is 11.6 Å². The fourth-order valence-corrected chi connectivity index (χ4v) is 7.80. The third-order valence-corrected chi connectivity index (χ3v) is 12.3. The van der Waals surface area contributed by atoms with E-state index in [1.165, 1.54) is 12.0 Å². The number of aromatic nitrogens is 2. The Morgan fingerprint density at radius 2 is 1.27 bits per heavy atom. The Labute approximate surface area is 427 Å². The van der Waals surface area contributed by atoms with Gasteiger partial charge in [-0.25, -0.2) is 14.8 Å². The number of nitrogens with two attached hydrogens (primary N) is 4. The zero-order chi connectivity index (χ0) is 54.4. The van der Waals surface area contributed by atoms with E-state index in [1.807, 2.05) is 48.5 Å². The first-order valence-electron chi connectivity index (χ1n) is 23.7. The van der Waals surface area contributed by atoms with Gasteiger partial charge < -0.3 is 88.7 Å². The summed E-state index contributed by atoms with van der Waals surface area (Å²) in [4.78, 5) is 53.8. The van der Waals surface area contributed by atoms with Crippen LogP contribution in [0.25, 0.3) is 11.1 Å². The maximum Gasteiger partial charge on any atom is 0.328 e. The molecule has 73 heavy (non-hydrogen) atoms. The molecule has 2 aromatic carbocycles. The number of anilines is 2. The number of aliphatic imine (C=N–C) groups is 1. The number of aliphatic hydroxyl groups is 11. The number of unbranched alkanes of at least 4 members (excludes halogenated alkanes) is 2. The molecule has 26 heteroatoms. The number of carbonyl (C=O) groups excluding carboxylic acids is 3. The molecule has 1 heterocycles. The van der Waals surface area contributed by atoms with Crippen LogP contribution in [0.1, 0.15) is 66.6 Å². The van der Waals surface area contributed by atoms with Crippen molar-refractivity contribution in [1.29, 1.82) is 0 Å². The Hall–Kier alpha value is -5.23. The molecule has 0 aliphatic heterocycles. The first-order valence-corrected chi connectivity index (χ1v) is 24.1. The number of hydrogen-bond donors (Lipinski definition) is 16. The van der Waals surface area contributed by atoms with E-state index in [0.717, 1.165) is 40.0 Å². The number of guanidine groups is 1. The monoisotopic (exact) mass is 1050 g/mol. The molecule has 3 aromatic rings. The molecule has 3 rings (SSSR count). The van der Waals surface area contributed by atoms with Crippen LogP contribution >= 0.6 is 11.6 Å². The van der Waals surface area contributed by atoms with Gasteiger partial charge in [-0.2, -0.15) is 0 Å². The van der Waals surface area contributed by atoms with Crippen molar-refractivity contribution in [1.82, 2.24) is 25.1 Å². The fourth-order valence-electron chi connectivity index (χ4n) is 7.68. The Morgan fingerprint density at radius 3 is 1.84 bits per heavy atom. The van der Waals surface area contributed by atoms with Crippen LogP contribution in [0.5, 0.6) is 0 Å². The van der Waals surface area contributed by atoms with Crippen molar-refractivity contribution in [3.8, 4) is 11.1 Å². The van der Waals surface area contributed by atoms with Crippen molar-refractivity contribution in [3.05, 3.63) is 70.5 Å². The van der Waals surface area contributed by atoms with Gasteiger partial charge in [0.1, 0.15) is 55.0 Å². The molecule has 0 unspecified atom stereocenters. The summed E-state index contributed by atoms with van der Waals surface area (Å²) in [6.45, 7) is -2.57. The van der Waals surface area contributed by atoms with E-state index in [2.05, 4.69) is 20.3 Å². The van der Waals surface area contributed by atoms with E-state index in [0.29, 0.717) is 32.4 Å². The largest absolute Gasteiger partial charge is 0.467 e. The minimum atomic E-state index is -2.27. The van der Waals surface area contributed by atoms with Crippen LogP contribution < -0.4 is 28.3 Å². The van der Waals surface area contributed by atoms with E-state index >= 15 is 0 Å². The van der Waals surface area contributed by atoms with Crippen LogP contribution in [0.15, 0.2) is 53.5 Å².